The number of aryl methyl sites for hydroxylation is 1. The van der Waals surface area contributed by atoms with Gasteiger partial charge in [0.25, 0.3) is 5.91 Å². The van der Waals surface area contributed by atoms with Crippen LogP contribution in [0.2, 0.25) is 0 Å². The highest BCUT2D eigenvalue weighted by molar-refractivity contribution is 8.00. The summed E-state index contributed by atoms with van der Waals surface area (Å²) in [5, 5.41) is 11.9. The summed E-state index contributed by atoms with van der Waals surface area (Å²) in [6.45, 7) is 2.02. The van der Waals surface area contributed by atoms with Crippen molar-refractivity contribution < 1.29 is 18.9 Å². The van der Waals surface area contributed by atoms with Crippen molar-refractivity contribution in [3.63, 3.8) is 0 Å². The molecule has 0 atom stereocenters. The number of amides is 3. The minimum atomic E-state index is -0.261. The van der Waals surface area contributed by atoms with E-state index in [9.17, 15) is 14.4 Å². The van der Waals surface area contributed by atoms with Crippen LogP contribution in [0.4, 0.5) is 11.5 Å². The fourth-order valence-corrected chi connectivity index (χ4v) is 3.29. The van der Waals surface area contributed by atoms with Crippen LogP contribution in [0.1, 0.15) is 21.7 Å². The number of rotatable bonds is 9. The van der Waals surface area contributed by atoms with Gasteiger partial charge in [0.15, 0.2) is 5.82 Å². The minimum absolute atomic E-state index is 0.120. The van der Waals surface area contributed by atoms with Crippen molar-refractivity contribution in [2.45, 2.75) is 13.5 Å². The Morgan fingerprint density at radius 3 is 2.45 bits per heavy atom. The molecular formula is C22H22N4O4S. The number of anilines is 2. The molecule has 1 heterocycles. The van der Waals surface area contributed by atoms with Gasteiger partial charge in [-0.15, -0.1) is 11.8 Å². The molecule has 8 nitrogen and oxygen atoms in total. The summed E-state index contributed by atoms with van der Waals surface area (Å²) in [7, 11) is 0. The second-order valence-electron chi connectivity index (χ2n) is 6.66. The largest absolute Gasteiger partial charge is 0.360 e. The Balaban J connectivity index is 1.40. The molecule has 3 amide bonds. The SMILES string of the molecule is Cc1cc(NC(=O)CSCC(=O)NCc2cccc(C(=O)Nc3ccccc3)c2)no1. The minimum Gasteiger partial charge on any atom is -0.360 e. The quantitative estimate of drug-likeness (QED) is 0.473. The van der Waals surface area contributed by atoms with Crippen LogP contribution in [0.3, 0.4) is 0 Å². The second kappa shape index (κ2) is 11.0. The molecule has 0 saturated carbocycles. The molecule has 160 valence electrons. The van der Waals surface area contributed by atoms with Crippen molar-refractivity contribution in [2.24, 2.45) is 0 Å². The number of carbonyl (C=O) groups excluding carboxylic acids is 3. The zero-order chi connectivity index (χ0) is 22.1. The summed E-state index contributed by atoms with van der Waals surface area (Å²) >= 11 is 1.19. The first-order chi connectivity index (χ1) is 15.0. The van der Waals surface area contributed by atoms with E-state index < -0.39 is 0 Å². The van der Waals surface area contributed by atoms with Crippen molar-refractivity contribution in [1.29, 1.82) is 0 Å². The van der Waals surface area contributed by atoms with Gasteiger partial charge in [0, 0.05) is 23.9 Å². The van der Waals surface area contributed by atoms with Crippen LogP contribution >= 0.6 is 11.8 Å². The first kappa shape index (κ1) is 22.1. The molecule has 0 aliphatic carbocycles. The van der Waals surface area contributed by atoms with Gasteiger partial charge in [0.1, 0.15) is 5.76 Å². The molecule has 0 unspecified atom stereocenters. The summed E-state index contributed by atoms with van der Waals surface area (Å²) < 4.78 is 4.87. The van der Waals surface area contributed by atoms with E-state index in [1.165, 1.54) is 11.8 Å². The number of hydrogen-bond acceptors (Lipinski definition) is 6. The zero-order valence-corrected chi connectivity index (χ0v) is 17.7. The van der Waals surface area contributed by atoms with Gasteiger partial charge in [-0.25, -0.2) is 0 Å². The van der Waals surface area contributed by atoms with E-state index in [0.29, 0.717) is 22.8 Å². The van der Waals surface area contributed by atoms with Gasteiger partial charge in [0.2, 0.25) is 11.8 Å². The van der Waals surface area contributed by atoms with E-state index in [2.05, 4.69) is 21.1 Å². The smallest absolute Gasteiger partial charge is 0.255 e. The molecule has 0 saturated heterocycles. The maximum Gasteiger partial charge on any atom is 0.255 e. The van der Waals surface area contributed by atoms with Crippen LogP contribution < -0.4 is 16.0 Å². The average Bonchev–Trinajstić information content (AvgIpc) is 3.17. The lowest BCUT2D eigenvalue weighted by molar-refractivity contribution is -0.118. The Bertz CT molecular complexity index is 1050. The highest BCUT2D eigenvalue weighted by atomic mass is 32.2. The van der Waals surface area contributed by atoms with Crippen molar-refractivity contribution in [2.75, 3.05) is 22.1 Å². The van der Waals surface area contributed by atoms with Crippen molar-refractivity contribution >= 4 is 41.0 Å². The summed E-state index contributed by atoms with van der Waals surface area (Å²) in [5.41, 5.74) is 2.02. The molecule has 3 rings (SSSR count). The second-order valence-corrected chi connectivity index (χ2v) is 7.65. The lowest BCUT2D eigenvalue weighted by Gasteiger charge is -2.08. The number of thioether (sulfide) groups is 1. The third-order valence-corrected chi connectivity index (χ3v) is 5.00. The van der Waals surface area contributed by atoms with Gasteiger partial charge in [-0.3, -0.25) is 14.4 Å². The van der Waals surface area contributed by atoms with E-state index in [1.54, 1.807) is 31.2 Å². The third kappa shape index (κ3) is 7.31. The Hall–Kier alpha value is -3.59. The Kier molecular flexibility index (Phi) is 7.83. The summed E-state index contributed by atoms with van der Waals surface area (Å²) in [4.78, 5) is 36.3. The number of carbonyl (C=O) groups is 3. The Morgan fingerprint density at radius 1 is 0.935 bits per heavy atom. The highest BCUT2D eigenvalue weighted by Crippen LogP contribution is 2.11. The topological polar surface area (TPSA) is 113 Å². The van der Waals surface area contributed by atoms with Gasteiger partial charge in [-0.05, 0) is 36.8 Å². The van der Waals surface area contributed by atoms with Crippen LogP contribution in [0.5, 0.6) is 0 Å². The van der Waals surface area contributed by atoms with E-state index in [0.717, 1.165) is 5.56 Å². The first-order valence-electron chi connectivity index (χ1n) is 9.52. The van der Waals surface area contributed by atoms with Crippen LogP contribution in [-0.2, 0) is 16.1 Å². The number of nitrogens with one attached hydrogen (secondary N) is 3. The number of nitrogens with zero attached hydrogens (tertiary/aromatic N) is 1. The molecule has 31 heavy (non-hydrogen) atoms. The molecule has 3 aromatic rings. The molecule has 0 spiro atoms. The number of benzene rings is 2. The maximum absolute atomic E-state index is 12.4. The van der Waals surface area contributed by atoms with E-state index in [4.69, 9.17) is 4.52 Å². The molecule has 2 aromatic carbocycles. The molecule has 0 bridgehead atoms. The first-order valence-corrected chi connectivity index (χ1v) is 10.7. The Labute approximate surface area is 183 Å². The van der Waals surface area contributed by atoms with Crippen molar-refractivity contribution in [3.05, 3.63) is 77.6 Å². The molecule has 0 aliphatic rings. The number of aromatic nitrogens is 1. The predicted octanol–water partition coefficient (Wildman–Crippen LogP) is 3.22. The summed E-state index contributed by atoms with van der Waals surface area (Å²) in [5.74, 6) is 0.530. The van der Waals surface area contributed by atoms with Crippen LogP contribution in [0.15, 0.2) is 65.2 Å². The molecular weight excluding hydrogens is 416 g/mol. The highest BCUT2D eigenvalue weighted by Gasteiger charge is 2.10. The van der Waals surface area contributed by atoms with Gasteiger partial charge < -0.3 is 20.5 Å². The van der Waals surface area contributed by atoms with Crippen molar-refractivity contribution in [1.82, 2.24) is 10.5 Å². The van der Waals surface area contributed by atoms with E-state index in [-0.39, 0.29) is 35.8 Å². The molecule has 0 aliphatic heterocycles. The van der Waals surface area contributed by atoms with E-state index in [1.807, 2.05) is 36.4 Å². The molecule has 0 radical (unpaired) electrons. The Morgan fingerprint density at radius 2 is 1.71 bits per heavy atom. The monoisotopic (exact) mass is 438 g/mol. The van der Waals surface area contributed by atoms with E-state index >= 15 is 0 Å². The lowest BCUT2D eigenvalue weighted by atomic mass is 10.1. The van der Waals surface area contributed by atoms with Gasteiger partial charge in [-0.2, -0.15) is 0 Å². The van der Waals surface area contributed by atoms with Gasteiger partial charge >= 0.3 is 0 Å². The fourth-order valence-electron chi connectivity index (χ4n) is 2.64. The average molecular weight is 439 g/mol. The van der Waals surface area contributed by atoms with Crippen molar-refractivity contribution in [3.8, 4) is 0 Å². The fraction of sp³-hybridized carbons (Fsp3) is 0.182. The lowest BCUT2D eigenvalue weighted by Crippen LogP contribution is -2.25. The van der Waals surface area contributed by atoms with Gasteiger partial charge in [0.05, 0.1) is 11.5 Å². The van der Waals surface area contributed by atoms with Crippen LogP contribution in [0.25, 0.3) is 0 Å². The molecule has 9 heteroatoms. The molecule has 0 fully saturated rings. The maximum atomic E-state index is 12.4. The third-order valence-electron chi connectivity index (χ3n) is 4.07. The predicted molar refractivity (Wildman–Crippen MR) is 120 cm³/mol. The van der Waals surface area contributed by atoms with Gasteiger partial charge in [-0.1, -0.05) is 35.5 Å². The normalized spacial score (nSPS) is 10.4. The molecule has 1 aromatic heterocycles. The zero-order valence-electron chi connectivity index (χ0n) is 16.9. The number of para-hydroxylation sites is 1. The number of hydrogen-bond donors (Lipinski definition) is 3. The standard InChI is InChI=1S/C22H22N4O4S/c1-15-10-19(26-30-15)25-21(28)14-31-13-20(27)23-12-16-6-5-7-17(11-16)22(29)24-18-8-3-2-4-9-18/h2-11H,12-14H2,1H3,(H,23,27)(H,24,29)(H,25,26,28). The summed E-state index contributed by atoms with van der Waals surface area (Å²) in [6, 6.07) is 17.9. The summed E-state index contributed by atoms with van der Waals surface area (Å²) in [6.07, 6.45) is 0. The van der Waals surface area contributed by atoms with Crippen LogP contribution in [-0.4, -0.2) is 34.4 Å². The van der Waals surface area contributed by atoms with Crippen LogP contribution in [0, 0.1) is 6.92 Å². The molecule has 3 N–H and O–H groups in total.